The minimum absolute atomic E-state index is 0.0521. The smallest absolute Gasteiger partial charge is 0.269 e. The first kappa shape index (κ1) is 14.0. The normalized spacial score (nSPS) is 11.3. The molecule has 0 saturated carbocycles. The number of hydrogen-bond acceptors (Lipinski definition) is 6. The summed E-state index contributed by atoms with van der Waals surface area (Å²) >= 11 is 0. The molecule has 2 rings (SSSR count). The molecule has 0 aliphatic rings. The molecule has 20 heavy (non-hydrogen) atoms. The van der Waals surface area contributed by atoms with Crippen LogP contribution in [-0.2, 0) is 10.0 Å². The van der Waals surface area contributed by atoms with Crippen molar-refractivity contribution in [1.29, 1.82) is 0 Å². The predicted octanol–water partition coefficient (Wildman–Crippen LogP) is 2.00. The highest BCUT2D eigenvalue weighted by Gasteiger charge is 2.20. The summed E-state index contributed by atoms with van der Waals surface area (Å²) in [5.74, 6) is 0.517. The average molecular weight is 297 g/mol. The van der Waals surface area contributed by atoms with Crippen LogP contribution in [0.25, 0.3) is 0 Å². The molecule has 1 aromatic heterocycles. The van der Waals surface area contributed by atoms with Crippen molar-refractivity contribution in [2.75, 3.05) is 4.72 Å². The van der Waals surface area contributed by atoms with Gasteiger partial charge in [0, 0.05) is 18.2 Å². The van der Waals surface area contributed by atoms with Crippen molar-refractivity contribution in [2.45, 2.75) is 18.7 Å². The van der Waals surface area contributed by atoms with E-state index >= 15 is 0 Å². The largest absolute Gasteiger partial charge is 0.360 e. The number of nitrogens with one attached hydrogen (secondary N) is 1. The van der Waals surface area contributed by atoms with Gasteiger partial charge in [0.05, 0.1) is 9.82 Å². The van der Waals surface area contributed by atoms with Crippen LogP contribution in [0.2, 0.25) is 0 Å². The van der Waals surface area contributed by atoms with Crippen LogP contribution in [0.1, 0.15) is 11.3 Å². The fourth-order valence-corrected chi connectivity index (χ4v) is 2.87. The van der Waals surface area contributed by atoms with Crippen LogP contribution in [0.4, 0.5) is 11.5 Å². The monoisotopic (exact) mass is 297 g/mol. The first-order valence-electron chi connectivity index (χ1n) is 5.51. The zero-order valence-electron chi connectivity index (χ0n) is 10.7. The van der Waals surface area contributed by atoms with E-state index in [1.807, 2.05) is 0 Å². The van der Waals surface area contributed by atoms with E-state index in [0.29, 0.717) is 5.76 Å². The van der Waals surface area contributed by atoms with Crippen LogP contribution < -0.4 is 4.72 Å². The van der Waals surface area contributed by atoms with E-state index in [4.69, 9.17) is 4.52 Å². The molecule has 106 valence electrons. The third kappa shape index (κ3) is 2.77. The highest BCUT2D eigenvalue weighted by atomic mass is 32.2. The fraction of sp³-hybridized carbons (Fsp3) is 0.182. The first-order valence-corrected chi connectivity index (χ1v) is 6.99. The maximum absolute atomic E-state index is 12.2. The molecule has 8 nitrogen and oxygen atoms in total. The van der Waals surface area contributed by atoms with Gasteiger partial charge in [-0.15, -0.1) is 0 Å². The van der Waals surface area contributed by atoms with Crippen molar-refractivity contribution in [1.82, 2.24) is 5.16 Å². The van der Waals surface area contributed by atoms with Crippen LogP contribution >= 0.6 is 0 Å². The first-order chi connectivity index (χ1) is 9.29. The summed E-state index contributed by atoms with van der Waals surface area (Å²) < 4.78 is 31.3. The number of aryl methyl sites for hydroxylation is 2. The van der Waals surface area contributed by atoms with Crippen molar-refractivity contribution in [3.63, 3.8) is 0 Å². The van der Waals surface area contributed by atoms with Crippen molar-refractivity contribution < 1.29 is 17.9 Å². The summed E-state index contributed by atoms with van der Waals surface area (Å²) in [5.41, 5.74) is 0.102. The molecule has 1 heterocycles. The lowest BCUT2D eigenvalue weighted by molar-refractivity contribution is -0.385. The summed E-state index contributed by atoms with van der Waals surface area (Å²) in [4.78, 5) is 9.99. The summed E-state index contributed by atoms with van der Waals surface area (Å²) in [6.07, 6.45) is 0. The Morgan fingerprint density at radius 2 is 2.00 bits per heavy atom. The van der Waals surface area contributed by atoms with Gasteiger partial charge in [-0.25, -0.2) is 8.42 Å². The number of hydrogen-bond donors (Lipinski definition) is 1. The number of nitro groups is 1. The number of sulfonamides is 1. The molecule has 0 radical (unpaired) electrons. The van der Waals surface area contributed by atoms with Gasteiger partial charge >= 0.3 is 0 Å². The molecule has 9 heteroatoms. The van der Waals surface area contributed by atoms with E-state index in [2.05, 4.69) is 9.88 Å². The quantitative estimate of drug-likeness (QED) is 0.681. The van der Waals surface area contributed by atoms with Crippen molar-refractivity contribution >= 4 is 21.5 Å². The maximum Gasteiger partial charge on any atom is 0.269 e. The van der Waals surface area contributed by atoms with Gasteiger partial charge < -0.3 is 4.52 Å². The van der Waals surface area contributed by atoms with E-state index in [1.54, 1.807) is 6.92 Å². The number of nitrogens with zero attached hydrogens (tertiary/aromatic N) is 2. The molecule has 0 aliphatic carbocycles. The van der Waals surface area contributed by atoms with Gasteiger partial charge in [0.2, 0.25) is 0 Å². The fourth-order valence-electron chi connectivity index (χ4n) is 1.66. The Bertz CT molecular complexity index is 766. The molecule has 0 fully saturated rings. The van der Waals surface area contributed by atoms with Crippen LogP contribution in [0.3, 0.4) is 0 Å². The predicted molar refractivity (Wildman–Crippen MR) is 69.9 cm³/mol. The van der Waals surface area contributed by atoms with Crippen molar-refractivity contribution in [3.05, 3.63) is 45.7 Å². The number of rotatable bonds is 4. The molecular formula is C11H11N3O5S. The minimum atomic E-state index is -3.87. The molecule has 0 aliphatic heterocycles. The Morgan fingerprint density at radius 1 is 1.30 bits per heavy atom. The number of nitro benzene ring substituents is 1. The lowest BCUT2D eigenvalue weighted by Crippen LogP contribution is -2.14. The number of non-ortho nitro benzene ring substituents is 1. The topological polar surface area (TPSA) is 115 Å². The lowest BCUT2D eigenvalue weighted by atomic mass is 10.2. The summed E-state index contributed by atoms with van der Waals surface area (Å²) in [6.45, 7) is 3.11. The Kier molecular flexibility index (Phi) is 3.45. The molecule has 0 atom stereocenters. The molecule has 0 saturated heterocycles. The van der Waals surface area contributed by atoms with Gasteiger partial charge in [0.25, 0.3) is 15.7 Å². The van der Waals surface area contributed by atoms with Crippen LogP contribution in [-0.4, -0.2) is 18.5 Å². The standard InChI is InChI=1S/C11H11N3O5S/c1-7-5-9(14(15)16)3-4-10(7)20(17,18)13-11-6-8(2)19-12-11/h3-6H,1-2H3,(H,12,13). The van der Waals surface area contributed by atoms with E-state index in [1.165, 1.54) is 25.1 Å². The van der Waals surface area contributed by atoms with Gasteiger partial charge in [-0.2, -0.15) is 0 Å². The summed E-state index contributed by atoms with van der Waals surface area (Å²) in [7, 11) is -3.87. The molecule has 0 spiro atoms. The zero-order valence-corrected chi connectivity index (χ0v) is 11.5. The van der Waals surface area contributed by atoms with Crippen LogP contribution in [0.15, 0.2) is 33.7 Å². The average Bonchev–Trinajstić information content (AvgIpc) is 2.73. The second-order valence-electron chi connectivity index (χ2n) is 4.14. The Morgan fingerprint density at radius 3 is 2.50 bits per heavy atom. The highest BCUT2D eigenvalue weighted by Crippen LogP contribution is 2.23. The molecule has 1 N–H and O–H groups in total. The van der Waals surface area contributed by atoms with Gasteiger partial charge in [-0.1, -0.05) is 5.16 Å². The third-order valence-electron chi connectivity index (χ3n) is 2.53. The van der Waals surface area contributed by atoms with Gasteiger partial charge in [0.1, 0.15) is 5.76 Å². The van der Waals surface area contributed by atoms with E-state index in [9.17, 15) is 18.5 Å². The number of benzene rings is 1. The zero-order chi connectivity index (χ0) is 14.9. The van der Waals surface area contributed by atoms with E-state index in [0.717, 1.165) is 6.07 Å². The lowest BCUT2D eigenvalue weighted by Gasteiger charge is -2.07. The van der Waals surface area contributed by atoms with Gasteiger partial charge in [-0.3, -0.25) is 14.8 Å². The molecule has 2 aromatic rings. The second kappa shape index (κ2) is 4.93. The highest BCUT2D eigenvalue weighted by molar-refractivity contribution is 7.92. The maximum atomic E-state index is 12.2. The van der Waals surface area contributed by atoms with Crippen LogP contribution in [0.5, 0.6) is 0 Å². The Balaban J connectivity index is 2.37. The molecule has 0 amide bonds. The van der Waals surface area contributed by atoms with Gasteiger partial charge in [-0.05, 0) is 25.5 Å². The van der Waals surface area contributed by atoms with E-state index < -0.39 is 14.9 Å². The van der Waals surface area contributed by atoms with Crippen LogP contribution in [0, 0.1) is 24.0 Å². The SMILES string of the molecule is Cc1cc(NS(=O)(=O)c2ccc([N+](=O)[O-])cc2C)no1. The van der Waals surface area contributed by atoms with E-state index in [-0.39, 0.29) is 22.0 Å². The molecule has 0 unspecified atom stereocenters. The van der Waals surface area contributed by atoms with Crippen molar-refractivity contribution in [3.8, 4) is 0 Å². The van der Waals surface area contributed by atoms with Gasteiger partial charge in [0.15, 0.2) is 5.82 Å². The minimum Gasteiger partial charge on any atom is -0.360 e. The van der Waals surface area contributed by atoms with Crippen molar-refractivity contribution in [2.24, 2.45) is 0 Å². The summed E-state index contributed by atoms with van der Waals surface area (Å²) in [5, 5.41) is 14.2. The Hall–Kier alpha value is -2.42. The second-order valence-corrected chi connectivity index (χ2v) is 5.79. The molecular weight excluding hydrogens is 286 g/mol. The summed E-state index contributed by atoms with van der Waals surface area (Å²) in [6, 6.07) is 4.94. The number of aromatic nitrogens is 1. The molecule has 1 aromatic carbocycles. The Labute approximate surface area is 114 Å². The third-order valence-corrected chi connectivity index (χ3v) is 4.04. The molecule has 0 bridgehead atoms. The number of anilines is 1.